The van der Waals surface area contributed by atoms with E-state index in [1.807, 2.05) is 6.92 Å². The Morgan fingerprint density at radius 1 is 1.15 bits per heavy atom. The fourth-order valence-corrected chi connectivity index (χ4v) is 3.92. The summed E-state index contributed by atoms with van der Waals surface area (Å²) in [4.78, 5) is 10.3. The van der Waals surface area contributed by atoms with Crippen molar-refractivity contribution in [3.8, 4) is 11.5 Å². The van der Waals surface area contributed by atoms with E-state index in [1.165, 1.54) is 18.6 Å². The smallest absolute Gasteiger partial charge is 0.269 e. The third-order valence-electron chi connectivity index (χ3n) is 4.47. The van der Waals surface area contributed by atoms with Crippen LogP contribution in [0.25, 0.3) is 11.5 Å². The summed E-state index contributed by atoms with van der Waals surface area (Å²) in [5.41, 5.74) is 0.669. The van der Waals surface area contributed by atoms with Gasteiger partial charge in [-0.05, 0) is 31.9 Å². The number of aromatic nitrogens is 5. The van der Waals surface area contributed by atoms with E-state index in [4.69, 9.17) is 4.42 Å². The van der Waals surface area contributed by atoms with Gasteiger partial charge in [0.2, 0.25) is 11.8 Å². The van der Waals surface area contributed by atoms with Crippen molar-refractivity contribution in [2.24, 2.45) is 0 Å². The Morgan fingerprint density at radius 2 is 1.96 bits per heavy atom. The van der Waals surface area contributed by atoms with Crippen LogP contribution in [0.15, 0.2) is 33.8 Å². The molecule has 0 radical (unpaired) electrons. The summed E-state index contributed by atoms with van der Waals surface area (Å²) in [7, 11) is 0. The predicted octanol–water partition coefficient (Wildman–Crippen LogP) is 3.82. The highest BCUT2D eigenvalue weighted by molar-refractivity contribution is 7.99. The third kappa shape index (κ3) is 3.70. The third-order valence-corrected chi connectivity index (χ3v) is 5.54. The lowest BCUT2D eigenvalue weighted by atomic mass is 10.2. The number of hydrogen-bond acceptors (Lipinski definition) is 8. The van der Waals surface area contributed by atoms with Crippen LogP contribution in [0.5, 0.6) is 0 Å². The van der Waals surface area contributed by atoms with Crippen molar-refractivity contribution in [3.05, 3.63) is 46.1 Å². The van der Waals surface area contributed by atoms with Crippen LogP contribution in [0.4, 0.5) is 5.69 Å². The van der Waals surface area contributed by atoms with Crippen LogP contribution in [-0.2, 0) is 13.0 Å². The molecule has 0 saturated carbocycles. The number of thioether (sulfide) groups is 1. The fourth-order valence-electron chi connectivity index (χ4n) is 3.00. The second-order valence-electron chi connectivity index (χ2n) is 6.37. The van der Waals surface area contributed by atoms with Gasteiger partial charge < -0.3 is 8.98 Å². The lowest BCUT2D eigenvalue weighted by Crippen LogP contribution is -2.03. The summed E-state index contributed by atoms with van der Waals surface area (Å²) < 4.78 is 7.96. The normalized spacial score (nSPS) is 15.1. The molecule has 1 unspecified atom stereocenters. The van der Waals surface area contributed by atoms with Crippen LogP contribution in [-0.4, -0.2) is 29.9 Å². The lowest BCUT2D eigenvalue weighted by Gasteiger charge is -2.09. The number of aryl methyl sites for hydroxylation is 1. The number of rotatable bonds is 5. The van der Waals surface area contributed by atoms with Crippen molar-refractivity contribution >= 4 is 17.4 Å². The Balaban J connectivity index is 1.50. The van der Waals surface area contributed by atoms with Crippen LogP contribution in [0.2, 0.25) is 0 Å². The molecule has 1 aliphatic rings. The zero-order valence-corrected chi connectivity index (χ0v) is 15.6. The van der Waals surface area contributed by atoms with E-state index in [0.717, 1.165) is 36.8 Å². The molecular formula is C17H18N6O3S. The molecular weight excluding hydrogens is 368 g/mol. The molecule has 0 aliphatic carbocycles. The fraction of sp³-hybridized carbons (Fsp3) is 0.412. The number of hydrogen-bond donors (Lipinski definition) is 0. The van der Waals surface area contributed by atoms with Crippen LogP contribution in [0.1, 0.15) is 43.2 Å². The Morgan fingerprint density at radius 3 is 2.74 bits per heavy atom. The highest BCUT2D eigenvalue weighted by Crippen LogP contribution is 2.35. The first-order chi connectivity index (χ1) is 13.1. The monoisotopic (exact) mass is 386 g/mol. The number of nitro groups is 1. The molecule has 3 heterocycles. The zero-order chi connectivity index (χ0) is 18.8. The van der Waals surface area contributed by atoms with Crippen molar-refractivity contribution in [1.82, 2.24) is 25.0 Å². The van der Waals surface area contributed by atoms with E-state index < -0.39 is 4.92 Å². The maximum Gasteiger partial charge on any atom is 0.269 e. The summed E-state index contributed by atoms with van der Waals surface area (Å²) in [6, 6.07) is 6.04. The largest absolute Gasteiger partial charge is 0.419 e. The van der Waals surface area contributed by atoms with E-state index in [0.29, 0.717) is 17.3 Å². The van der Waals surface area contributed by atoms with Crippen molar-refractivity contribution in [2.45, 2.75) is 49.6 Å². The van der Waals surface area contributed by atoms with Gasteiger partial charge >= 0.3 is 0 Å². The van der Waals surface area contributed by atoms with Gasteiger partial charge in [-0.2, -0.15) is 0 Å². The van der Waals surface area contributed by atoms with E-state index in [-0.39, 0.29) is 10.9 Å². The zero-order valence-electron chi connectivity index (χ0n) is 14.7. The molecule has 140 valence electrons. The van der Waals surface area contributed by atoms with Crippen molar-refractivity contribution in [2.75, 3.05) is 0 Å². The summed E-state index contributed by atoms with van der Waals surface area (Å²) in [5, 5.41) is 28.4. The van der Waals surface area contributed by atoms with Crippen LogP contribution in [0, 0.1) is 10.1 Å². The maximum atomic E-state index is 10.8. The standard InChI is InChI=1S/C17H18N6O3S/c1-11(27-17-21-18-14-5-3-2-4-10-22(14)17)15-19-20-16(26-15)12-6-8-13(9-7-12)23(24)25/h6-9,11H,2-5,10H2,1H3. The molecule has 0 amide bonds. The topological polar surface area (TPSA) is 113 Å². The molecule has 4 rings (SSSR count). The lowest BCUT2D eigenvalue weighted by molar-refractivity contribution is -0.384. The molecule has 3 aromatic rings. The second-order valence-corrected chi connectivity index (χ2v) is 7.68. The summed E-state index contributed by atoms with van der Waals surface area (Å²) in [5.74, 6) is 1.87. The van der Waals surface area contributed by atoms with Crippen molar-refractivity contribution in [3.63, 3.8) is 0 Å². The van der Waals surface area contributed by atoms with E-state index >= 15 is 0 Å². The van der Waals surface area contributed by atoms with Gasteiger partial charge in [-0.25, -0.2) is 0 Å². The first kappa shape index (κ1) is 17.7. The van der Waals surface area contributed by atoms with Crippen molar-refractivity contribution < 1.29 is 9.34 Å². The minimum Gasteiger partial charge on any atom is -0.419 e. The Hall–Kier alpha value is -2.75. The molecule has 0 fully saturated rings. The molecule has 0 N–H and O–H groups in total. The number of nitrogens with zero attached hydrogens (tertiary/aromatic N) is 6. The summed E-state index contributed by atoms with van der Waals surface area (Å²) in [6.45, 7) is 2.92. The number of fused-ring (bicyclic) bond motifs is 1. The second kappa shape index (κ2) is 7.47. The van der Waals surface area contributed by atoms with Gasteiger partial charge in [-0.15, -0.1) is 20.4 Å². The minimum atomic E-state index is -0.441. The van der Waals surface area contributed by atoms with Gasteiger partial charge in [0.25, 0.3) is 5.69 Å². The van der Waals surface area contributed by atoms with E-state index in [1.54, 1.807) is 23.9 Å². The SMILES string of the molecule is CC(Sc1nnc2n1CCCCC2)c1nnc(-c2ccc([N+](=O)[O-])cc2)o1. The van der Waals surface area contributed by atoms with Gasteiger partial charge in [0, 0.05) is 30.7 Å². The highest BCUT2D eigenvalue weighted by Gasteiger charge is 2.22. The molecule has 2 aromatic heterocycles. The Kier molecular flexibility index (Phi) is 4.88. The average Bonchev–Trinajstić information content (AvgIpc) is 3.23. The first-order valence-corrected chi connectivity index (χ1v) is 9.67. The van der Waals surface area contributed by atoms with Gasteiger partial charge in [0.15, 0.2) is 5.16 Å². The average molecular weight is 386 g/mol. The van der Waals surface area contributed by atoms with Gasteiger partial charge in [-0.1, -0.05) is 18.2 Å². The number of nitro benzene ring substituents is 1. The Labute approximate surface area is 159 Å². The number of non-ortho nitro benzene ring substituents is 1. The molecule has 1 atom stereocenters. The maximum absolute atomic E-state index is 10.8. The quantitative estimate of drug-likeness (QED) is 0.369. The number of benzene rings is 1. The van der Waals surface area contributed by atoms with Crippen LogP contribution < -0.4 is 0 Å². The molecule has 0 saturated heterocycles. The van der Waals surface area contributed by atoms with E-state index in [9.17, 15) is 10.1 Å². The summed E-state index contributed by atoms with van der Waals surface area (Å²) in [6.07, 6.45) is 4.47. The molecule has 9 nitrogen and oxygen atoms in total. The molecule has 1 aliphatic heterocycles. The first-order valence-electron chi connectivity index (χ1n) is 8.79. The molecule has 0 bridgehead atoms. The van der Waals surface area contributed by atoms with Crippen LogP contribution in [0.3, 0.4) is 0 Å². The Bertz CT molecular complexity index is 952. The molecule has 10 heteroatoms. The van der Waals surface area contributed by atoms with Crippen molar-refractivity contribution in [1.29, 1.82) is 0 Å². The van der Waals surface area contributed by atoms with E-state index in [2.05, 4.69) is 25.0 Å². The minimum absolute atomic E-state index is 0.0231. The molecule has 0 spiro atoms. The van der Waals surface area contributed by atoms with Gasteiger partial charge in [0.05, 0.1) is 10.2 Å². The van der Waals surface area contributed by atoms with Gasteiger partial charge in [0.1, 0.15) is 5.82 Å². The molecule has 1 aromatic carbocycles. The molecule has 27 heavy (non-hydrogen) atoms. The predicted molar refractivity (Wildman–Crippen MR) is 98.2 cm³/mol. The highest BCUT2D eigenvalue weighted by atomic mass is 32.2. The van der Waals surface area contributed by atoms with Crippen LogP contribution >= 0.6 is 11.8 Å². The summed E-state index contributed by atoms with van der Waals surface area (Å²) >= 11 is 1.55. The van der Waals surface area contributed by atoms with Gasteiger partial charge in [-0.3, -0.25) is 10.1 Å².